The molecule has 0 saturated heterocycles. The fourth-order valence-electron chi connectivity index (χ4n) is 8.08. The molecule has 0 spiro atoms. The summed E-state index contributed by atoms with van der Waals surface area (Å²) in [6, 6.07) is 22.4. The van der Waals surface area contributed by atoms with Crippen molar-refractivity contribution in [3.8, 4) is 22.3 Å². The Bertz CT molecular complexity index is 2790. The summed E-state index contributed by atoms with van der Waals surface area (Å²) in [4.78, 5) is 126. The summed E-state index contributed by atoms with van der Waals surface area (Å²) in [7, 11) is 0. The van der Waals surface area contributed by atoms with Gasteiger partial charge in [-0.05, 0) is 102 Å². The minimum Gasteiger partial charge on any atom is -0.274 e. The summed E-state index contributed by atoms with van der Waals surface area (Å²) in [5.41, 5.74) is 4.01. The average molecular weight is 809 g/mol. The Morgan fingerprint density at radius 3 is 0.951 bits per heavy atom. The van der Waals surface area contributed by atoms with Crippen molar-refractivity contribution in [2.24, 2.45) is 0 Å². The Labute approximate surface area is 345 Å². The van der Waals surface area contributed by atoms with E-state index in [0.717, 1.165) is 9.80 Å². The van der Waals surface area contributed by atoms with Crippen LogP contribution < -0.4 is 9.80 Å². The van der Waals surface area contributed by atoms with Gasteiger partial charge in [0.15, 0.2) is 0 Å². The number of benzene rings is 4. The molecule has 0 N–H and O–H groups in total. The van der Waals surface area contributed by atoms with E-state index < -0.39 is 47.3 Å². The van der Waals surface area contributed by atoms with Crippen LogP contribution >= 0.6 is 0 Å². The molecule has 6 heterocycles. The predicted octanol–water partition coefficient (Wildman–Crippen LogP) is 5.26. The van der Waals surface area contributed by atoms with Crippen LogP contribution in [0.25, 0.3) is 22.3 Å². The number of aromatic nitrogens is 4. The van der Waals surface area contributed by atoms with Crippen LogP contribution in [0.2, 0.25) is 0 Å². The average Bonchev–Trinajstić information content (AvgIpc) is 3.88. The molecule has 0 unspecified atom stereocenters. The Morgan fingerprint density at radius 1 is 0.328 bits per heavy atom. The molecule has 10 rings (SSSR count). The first-order valence-corrected chi connectivity index (χ1v) is 19.2. The smallest absolute Gasteiger partial charge is 0.268 e. The number of carbonyl (C=O) groups is 8. The van der Waals surface area contributed by atoms with Crippen molar-refractivity contribution >= 4 is 59.2 Å². The molecule has 16 heteroatoms. The molecule has 0 aliphatic carbocycles. The molecule has 0 atom stereocenters. The quantitative estimate of drug-likeness (QED) is 0.129. The van der Waals surface area contributed by atoms with Crippen molar-refractivity contribution in [1.29, 1.82) is 0 Å². The van der Waals surface area contributed by atoms with Crippen molar-refractivity contribution in [3.05, 3.63) is 154 Å². The van der Waals surface area contributed by atoms with E-state index in [4.69, 9.17) is 0 Å². The van der Waals surface area contributed by atoms with E-state index >= 15 is 0 Å². The maximum absolute atomic E-state index is 13.5. The molecule has 61 heavy (non-hydrogen) atoms. The van der Waals surface area contributed by atoms with Gasteiger partial charge in [0.2, 0.25) is 11.9 Å². The number of hydrogen-bond acceptors (Lipinski definition) is 12. The molecule has 8 amide bonds. The number of imide groups is 4. The summed E-state index contributed by atoms with van der Waals surface area (Å²) >= 11 is 0. The molecule has 0 fully saturated rings. The lowest BCUT2D eigenvalue weighted by atomic mass is 9.97. The van der Waals surface area contributed by atoms with Gasteiger partial charge in [-0.25, -0.2) is 29.7 Å². The topological polar surface area (TPSA) is 201 Å². The highest BCUT2D eigenvalue weighted by molar-refractivity contribution is 6.35. The molecule has 0 saturated carbocycles. The molecule has 4 aromatic carbocycles. The molecule has 0 bridgehead atoms. The Morgan fingerprint density at radius 2 is 0.607 bits per heavy atom. The zero-order valence-corrected chi connectivity index (χ0v) is 31.8. The van der Waals surface area contributed by atoms with E-state index in [1.165, 1.54) is 34.6 Å². The third kappa shape index (κ3) is 5.83. The standard InChI is InChI=1S/C45H28N8O8/c54-36-28-10-6-24(26-8-12-30-34(22-26)42(60)52(40(30)58)44-46-14-4-15-47-44)20-32(28)38(56)50(36)18-2-1-3-19-51-37(55)29-11-7-25(21-33(29)39(51)57)27-9-13-31-35(23-27)43(61)53(41(31)59)45-48-16-5-17-49-45/h4-17,20-23H,1-3,18-19H2. The van der Waals surface area contributed by atoms with Crippen LogP contribution in [0, 0.1) is 0 Å². The van der Waals surface area contributed by atoms with Gasteiger partial charge in [-0.15, -0.1) is 0 Å². The van der Waals surface area contributed by atoms with Crippen LogP contribution in [0.4, 0.5) is 11.9 Å². The number of nitrogens with zero attached hydrogens (tertiary/aromatic N) is 8. The highest BCUT2D eigenvalue weighted by Crippen LogP contribution is 2.35. The number of amides is 8. The van der Waals surface area contributed by atoms with Gasteiger partial charge in [-0.2, -0.15) is 0 Å². The normalized spacial score (nSPS) is 15.3. The maximum Gasteiger partial charge on any atom is 0.268 e. The van der Waals surface area contributed by atoms with E-state index in [2.05, 4.69) is 19.9 Å². The van der Waals surface area contributed by atoms with E-state index in [0.29, 0.717) is 41.5 Å². The SMILES string of the molecule is O=C1c2ccc(-c3ccc4c(c3)C(=O)N(c3ncccn3)C4=O)cc2C(=O)N1CCCCCN1C(=O)c2ccc(-c3ccc4c(c3)C(=O)N(c3ncccn3)C4=O)cc2C1=O. The second kappa shape index (κ2) is 14.2. The van der Waals surface area contributed by atoms with Gasteiger partial charge >= 0.3 is 0 Å². The predicted molar refractivity (Wildman–Crippen MR) is 215 cm³/mol. The van der Waals surface area contributed by atoms with Crippen molar-refractivity contribution < 1.29 is 38.4 Å². The molecule has 296 valence electrons. The second-order valence-corrected chi connectivity index (χ2v) is 14.6. The largest absolute Gasteiger partial charge is 0.274 e. The molecule has 4 aliphatic heterocycles. The van der Waals surface area contributed by atoms with Gasteiger partial charge in [0.05, 0.1) is 44.5 Å². The van der Waals surface area contributed by atoms with Gasteiger partial charge < -0.3 is 0 Å². The first-order chi connectivity index (χ1) is 29.6. The summed E-state index contributed by atoms with van der Waals surface area (Å²) in [5.74, 6) is -4.06. The van der Waals surface area contributed by atoms with Gasteiger partial charge in [-0.3, -0.25) is 48.2 Å². The Balaban J connectivity index is 0.762. The summed E-state index contributed by atoms with van der Waals surface area (Å²) in [6.07, 6.45) is 7.12. The maximum atomic E-state index is 13.5. The van der Waals surface area contributed by atoms with Crippen LogP contribution in [0.1, 0.15) is 102 Å². The highest BCUT2D eigenvalue weighted by atomic mass is 16.2. The lowest BCUT2D eigenvalue weighted by molar-refractivity contribution is 0.0647. The van der Waals surface area contributed by atoms with E-state index in [1.807, 2.05) is 0 Å². The number of anilines is 2. The third-order valence-electron chi connectivity index (χ3n) is 11.1. The van der Waals surface area contributed by atoms with Crippen LogP contribution in [0.15, 0.2) is 110 Å². The third-order valence-corrected chi connectivity index (χ3v) is 11.1. The molecular formula is C45H28N8O8. The molecular weight excluding hydrogens is 781 g/mol. The van der Waals surface area contributed by atoms with Crippen molar-refractivity contribution in [2.75, 3.05) is 22.9 Å². The van der Waals surface area contributed by atoms with Gasteiger partial charge in [-0.1, -0.05) is 24.3 Å². The van der Waals surface area contributed by atoms with Crippen LogP contribution in [-0.2, 0) is 0 Å². The van der Waals surface area contributed by atoms with Crippen LogP contribution in [0.5, 0.6) is 0 Å². The van der Waals surface area contributed by atoms with Gasteiger partial charge in [0, 0.05) is 37.9 Å². The first kappa shape index (κ1) is 36.9. The van der Waals surface area contributed by atoms with Crippen molar-refractivity contribution in [3.63, 3.8) is 0 Å². The number of rotatable bonds is 10. The second-order valence-electron chi connectivity index (χ2n) is 14.6. The molecule has 0 radical (unpaired) electrons. The number of hydrogen-bond donors (Lipinski definition) is 0. The summed E-state index contributed by atoms with van der Waals surface area (Å²) in [5, 5.41) is 0. The van der Waals surface area contributed by atoms with Gasteiger partial charge in [0.1, 0.15) is 0 Å². The molecule has 4 aliphatic rings. The van der Waals surface area contributed by atoms with Crippen LogP contribution in [-0.4, -0.2) is 90.1 Å². The Hall–Kier alpha value is -8.40. The summed E-state index contributed by atoms with van der Waals surface area (Å²) < 4.78 is 0. The van der Waals surface area contributed by atoms with Crippen molar-refractivity contribution in [2.45, 2.75) is 19.3 Å². The van der Waals surface area contributed by atoms with E-state index in [-0.39, 0.29) is 69.5 Å². The zero-order chi connectivity index (χ0) is 42.1. The molecule has 6 aromatic rings. The monoisotopic (exact) mass is 808 g/mol. The number of fused-ring (bicyclic) bond motifs is 4. The van der Waals surface area contributed by atoms with E-state index in [1.54, 1.807) is 84.9 Å². The van der Waals surface area contributed by atoms with E-state index in [9.17, 15) is 38.4 Å². The minimum absolute atomic E-state index is 0.0301. The lowest BCUT2D eigenvalue weighted by Gasteiger charge is -2.15. The van der Waals surface area contributed by atoms with Gasteiger partial charge in [0.25, 0.3) is 47.3 Å². The fraction of sp³-hybridized carbons (Fsp3) is 0.111. The van der Waals surface area contributed by atoms with Crippen LogP contribution in [0.3, 0.4) is 0 Å². The molecule has 2 aromatic heterocycles. The number of carbonyl (C=O) groups excluding carboxylic acids is 8. The highest BCUT2D eigenvalue weighted by Gasteiger charge is 2.41. The first-order valence-electron chi connectivity index (χ1n) is 19.2. The zero-order valence-electron chi connectivity index (χ0n) is 31.8. The minimum atomic E-state index is -0.567. The lowest BCUT2D eigenvalue weighted by Crippen LogP contribution is -2.32. The summed E-state index contributed by atoms with van der Waals surface area (Å²) in [6.45, 7) is 0.260. The number of unbranched alkanes of at least 4 members (excludes halogenated alkanes) is 2. The fourth-order valence-corrected chi connectivity index (χ4v) is 8.08. The molecule has 16 nitrogen and oxygen atoms in total. The Kier molecular flexibility index (Phi) is 8.57. The van der Waals surface area contributed by atoms with Crippen molar-refractivity contribution in [1.82, 2.24) is 29.7 Å².